The molecule has 2 aromatic carbocycles. The Bertz CT molecular complexity index is 1130. The SMILES string of the molecule is CSCCCOc1ccc(-c2ccc(F)c(COc3ccc4c(c3)CC3CC43)c2)c(C)n1. The molecule has 0 saturated heterocycles. The van der Waals surface area contributed by atoms with E-state index in [4.69, 9.17) is 9.47 Å². The van der Waals surface area contributed by atoms with Gasteiger partial charge in [-0.1, -0.05) is 12.1 Å². The van der Waals surface area contributed by atoms with Gasteiger partial charge in [-0.2, -0.15) is 11.8 Å². The fourth-order valence-electron chi connectivity index (χ4n) is 4.66. The zero-order valence-electron chi connectivity index (χ0n) is 18.6. The first-order valence-electron chi connectivity index (χ1n) is 11.3. The van der Waals surface area contributed by atoms with Crippen molar-refractivity contribution < 1.29 is 13.9 Å². The minimum atomic E-state index is -0.254. The van der Waals surface area contributed by atoms with Crippen LogP contribution in [-0.4, -0.2) is 23.6 Å². The molecule has 0 amide bonds. The molecule has 3 aromatic rings. The Morgan fingerprint density at radius 3 is 2.84 bits per heavy atom. The van der Waals surface area contributed by atoms with Gasteiger partial charge in [0.05, 0.1) is 6.61 Å². The van der Waals surface area contributed by atoms with Crippen molar-refractivity contribution in [3.8, 4) is 22.8 Å². The average molecular weight is 450 g/mol. The second-order valence-electron chi connectivity index (χ2n) is 8.74. The number of benzene rings is 2. The van der Waals surface area contributed by atoms with Crippen LogP contribution in [0.4, 0.5) is 4.39 Å². The average Bonchev–Trinajstić information content (AvgIpc) is 3.47. The number of pyridine rings is 1. The minimum absolute atomic E-state index is 0.203. The molecule has 166 valence electrons. The van der Waals surface area contributed by atoms with Crippen LogP contribution in [0.25, 0.3) is 11.1 Å². The van der Waals surface area contributed by atoms with E-state index in [0.29, 0.717) is 18.1 Å². The predicted molar refractivity (Wildman–Crippen MR) is 128 cm³/mol. The Labute approximate surface area is 193 Å². The van der Waals surface area contributed by atoms with Gasteiger partial charge in [-0.15, -0.1) is 0 Å². The molecule has 32 heavy (non-hydrogen) atoms. The molecule has 0 radical (unpaired) electrons. The van der Waals surface area contributed by atoms with Crippen molar-refractivity contribution in [1.29, 1.82) is 0 Å². The number of thioether (sulfide) groups is 1. The maximum Gasteiger partial charge on any atom is 0.213 e. The van der Waals surface area contributed by atoms with E-state index in [1.54, 1.807) is 6.07 Å². The van der Waals surface area contributed by atoms with Crippen LogP contribution in [0.3, 0.4) is 0 Å². The number of aryl methyl sites for hydroxylation is 1. The summed E-state index contributed by atoms with van der Waals surface area (Å²) in [6.07, 6.45) is 5.58. The number of aromatic nitrogens is 1. The van der Waals surface area contributed by atoms with Gasteiger partial charge in [-0.05, 0) is 97.1 Å². The number of ether oxygens (including phenoxy) is 2. The first kappa shape index (κ1) is 21.3. The van der Waals surface area contributed by atoms with E-state index < -0.39 is 0 Å². The summed E-state index contributed by atoms with van der Waals surface area (Å²) in [6, 6.07) is 15.4. The quantitative estimate of drug-likeness (QED) is 0.346. The molecule has 3 nitrogen and oxygen atoms in total. The van der Waals surface area contributed by atoms with Gasteiger partial charge in [0.2, 0.25) is 5.88 Å². The fraction of sp³-hybridized carbons (Fsp3) is 0.370. The summed E-state index contributed by atoms with van der Waals surface area (Å²) in [5.74, 6) is 3.89. The van der Waals surface area contributed by atoms with Crippen LogP contribution in [-0.2, 0) is 13.0 Å². The lowest BCUT2D eigenvalue weighted by Crippen LogP contribution is -2.02. The molecule has 0 bridgehead atoms. The first-order valence-corrected chi connectivity index (χ1v) is 12.7. The number of hydrogen-bond acceptors (Lipinski definition) is 4. The standard InChI is InChI=1S/C27H28FNO2S/c1-17-23(7-9-27(29-17)30-10-3-11-32-2)18-4-8-26(28)21(12-18)16-31-22-5-6-24-19(14-22)13-20-15-25(20)24/h4-9,12,14,20,25H,3,10-11,13,15-16H2,1-2H3. The van der Waals surface area contributed by atoms with Gasteiger partial charge in [0, 0.05) is 22.9 Å². The molecule has 2 aliphatic rings. The third-order valence-electron chi connectivity index (χ3n) is 6.47. The summed E-state index contributed by atoms with van der Waals surface area (Å²) in [5.41, 5.74) is 6.19. The zero-order valence-corrected chi connectivity index (χ0v) is 19.4. The molecule has 0 aliphatic heterocycles. The predicted octanol–water partition coefficient (Wildman–Crippen LogP) is 6.57. The van der Waals surface area contributed by atoms with Crippen molar-refractivity contribution >= 4 is 11.8 Å². The molecule has 0 spiro atoms. The highest BCUT2D eigenvalue weighted by Gasteiger charge is 2.44. The third kappa shape index (κ3) is 4.49. The van der Waals surface area contributed by atoms with Gasteiger partial charge in [-0.3, -0.25) is 0 Å². The van der Waals surface area contributed by atoms with Crippen LogP contribution in [0.1, 0.15) is 41.1 Å². The Morgan fingerprint density at radius 1 is 1.09 bits per heavy atom. The first-order chi connectivity index (χ1) is 15.6. The molecule has 1 saturated carbocycles. The van der Waals surface area contributed by atoms with E-state index in [0.717, 1.165) is 53.0 Å². The van der Waals surface area contributed by atoms with Gasteiger partial charge < -0.3 is 9.47 Å². The Balaban J connectivity index is 1.27. The molecule has 2 unspecified atom stereocenters. The van der Waals surface area contributed by atoms with Crippen LogP contribution in [0.5, 0.6) is 11.6 Å². The van der Waals surface area contributed by atoms with E-state index >= 15 is 0 Å². The summed E-state index contributed by atoms with van der Waals surface area (Å²) >= 11 is 1.81. The Kier molecular flexibility index (Phi) is 6.09. The topological polar surface area (TPSA) is 31.4 Å². The fourth-order valence-corrected chi connectivity index (χ4v) is 5.07. The number of fused-ring (bicyclic) bond motifs is 3. The summed E-state index contributed by atoms with van der Waals surface area (Å²) in [4.78, 5) is 4.58. The number of hydrogen-bond donors (Lipinski definition) is 0. The van der Waals surface area contributed by atoms with Crippen molar-refractivity contribution in [1.82, 2.24) is 4.98 Å². The van der Waals surface area contributed by atoms with Crippen LogP contribution in [0.2, 0.25) is 0 Å². The van der Waals surface area contributed by atoms with Crippen molar-refractivity contribution in [2.24, 2.45) is 5.92 Å². The highest BCUT2D eigenvalue weighted by molar-refractivity contribution is 7.98. The van der Waals surface area contributed by atoms with Crippen LogP contribution in [0.15, 0.2) is 48.5 Å². The van der Waals surface area contributed by atoms with Crippen molar-refractivity contribution in [3.63, 3.8) is 0 Å². The third-order valence-corrected chi connectivity index (χ3v) is 7.17. The molecule has 5 heteroatoms. The Hall–Kier alpha value is -2.53. The van der Waals surface area contributed by atoms with Crippen LogP contribution < -0.4 is 9.47 Å². The van der Waals surface area contributed by atoms with Gasteiger partial charge in [0.1, 0.15) is 18.2 Å². The van der Waals surface area contributed by atoms with Crippen LogP contribution >= 0.6 is 11.8 Å². The molecule has 1 fully saturated rings. The summed E-state index contributed by atoms with van der Waals surface area (Å²) in [7, 11) is 0. The Morgan fingerprint density at radius 2 is 2.00 bits per heavy atom. The molecule has 1 aromatic heterocycles. The maximum atomic E-state index is 14.5. The molecule has 2 aliphatic carbocycles. The second-order valence-corrected chi connectivity index (χ2v) is 9.72. The number of nitrogens with zero attached hydrogens (tertiary/aromatic N) is 1. The highest BCUT2D eigenvalue weighted by Crippen LogP contribution is 2.56. The van der Waals surface area contributed by atoms with Gasteiger partial charge >= 0.3 is 0 Å². The molecule has 2 atom stereocenters. The summed E-state index contributed by atoms with van der Waals surface area (Å²) < 4.78 is 26.2. The zero-order chi connectivity index (χ0) is 22.1. The lowest BCUT2D eigenvalue weighted by Gasteiger charge is -2.13. The molecular weight excluding hydrogens is 421 g/mol. The van der Waals surface area contributed by atoms with E-state index in [9.17, 15) is 4.39 Å². The summed E-state index contributed by atoms with van der Waals surface area (Å²) in [6.45, 7) is 2.82. The van der Waals surface area contributed by atoms with Crippen molar-refractivity contribution in [2.45, 2.75) is 38.7 Å². The van der Waals surface area contributed by atoms with Gasteiger partial charge in [-0.25, -0.2) is 9.37 Å². The number of rotatable bonds is 9. The van der Waals surface area contributed by atoms with Crippen molar-refractivity contribution in [3.05, 3.63) is 76.7 Å². The lowest BCUT2D eigenvalue weighted by molar-refractivity contribution is 0.299. The largest absolute Gasteiger partial charge is 0.489 e. The molecular formula is C27H28FNO2S. The van der Waals surface area contributed by atoms with Gasteiger partial charge in [0.25, 0.3) is 0 Å². The minimum Gasteiger partial charge on any atom is -0.489 e. The molecule has 5 rings (SSSR count). The highest BCUT2D eigenvalue weighted by atomic mass is 32.2. The lowest BCUT2D eigenvalue weighted by atomic mass is 10.0. The smallest absolute Gasteiger partial charge is 0.213 e. The van der Waals surface area contributed by atoms with E-state index in [2.05, 4.69) is 23.4 Å². The van der Waals surface area contributed by atoms with Gasteiger partial charge in [0.15, 0.2) is 0 Å². The summed E-state index contributed by atoms with van der Waals surface area (Å²) in [5, 5.41) is 0. The monoisotopic (exact) mass is 449 g/mol. The second kappa shape index (κ2) is 9.14. The van der Waals surface area contributed by atoms with E-state index in [-0.39, 0.29) is 12.4 Å². The van der Waals surface area contributed by atoms with Crippen molar-refractivity contribution in [2.75, 3.05) is 18.6 Å². The normalized spacial score (nSPS) is 18.2. The van der Waals surface area contributed by atoms with E-state index in [1.165, 1.54) is 23.6 Å². The van der Waals surface area contributed by atoms with Crippen LogP contribution in [0, 0.1) is 18.7 Å². The maximum absolute atomic E-state index is 14.5. The van der Waals surface area contributed by atoms with E-state index in [1.807, 2.05) is 43.0 Å². The number of halogens is 1. The molecule has 0 N–H and O–H groups in total. The molecule has 1 heterocycles.